The van der Waals surface area contributed by atoms with E-state index in [0.717, 1.165) is 23.1 Å². The van der Waals surface area contributed by atoms with Gasteiger partial charge < -0.3 is 9.84 Å². The molecule has 0 atom stereocenters. The molecule has 0 spiro atoms. The minimum Gasteiger partial charge on any atom is -0.366 e. The number of hydrogen-bond acceptors (Lipinski definition) is 4. The number of carbonyl (C=O) groups excluding carboxylic acids is 1. The first kappa shape index (κ1) is 16.2. The van der Waals surface area contributed by atoms with E-state index < -0.39 is 5.82 Å². The van der Waals surface area contributed by atoms with Crippen molar-refractivity contribution in [1.29, 1.82) is 0 Å². The van der Waals surface area contributed by atoms with Gasteiger partial charge in [-0.2, -0.15) is 0 Å². The van der Waals surface area contributed by atoms with Crippen LogP contribution in [0.25, 0.3) is 22.1 Å². The van der Waals surface area contributed by atoms with Crippen LogP contribution in [-0.2, 0) is 0 Å². The van der Waals surface area contributed by atoms with E-state index in [0.29, 0.717) is 17.7 Å². The minimum atomic E-state index is -0.521. The molecular weight excluding hydrogens is 307 g/mol. The molecule has 0 unspecified atom stereocenters. The van der Waals surface area contributed by atoms with Crippen LogP contribution >= 0.6 is 0 Å². The van der Waals surface area contributed by atoms with E-state index >= 15 is 0 Å². The lowest BCUT2D eigenvalue weighted by Gasteiger charge is -2.18. The van der Waals surface area contributed by atoms with Crippen LogP contribution in [0.5, 0.6) is 0 Å². The zero-order chi connectivity index (χ0) is 17.3. The van der Waals surface area contributed by atoms with E-state index in [4.69, 9.17) is 4.52 Å². The molecule has 1 aromatic heterocycles. The molecule has 0 amide bonds. The SMILES string of the molecule is CC(C)(C)CNc1noc2ccc(-c3ccc(F)c(C=O)c3)cc12. The van der Waals surface area contributed by atoms with Crippen molar-refractivity contribution in [3.8, 4) is 11.1 Å². The van der Waals surface area contributed by atoms with Crippen molar-refractivity contribution in [2.24, 2.45) is 5.41 Å². The number of anilines is 1. The maximum atomic E-state index is 13.5. The van der Waals surface area contributed by atoms with Crippen molar-refractivity contribution in [2.75, 3.05) is 11.9 Å². The zero-order valence-electron chi connectivity index (χ0n) is 13.9. The Kier molecular flexibility index (Phi) is 4.09. The third-order valence-corrected chi connectivity index (χ3v) is 3.71. The van der Waals surface area contributed by atoms with Crippen LogP contribution in [0, 0.1) is 11.2 Å². The zero-order valence-corrected chi connectivity index (χ0v) is 13.9. The highest BCUT2D eigenvalue weighted by Crippen LogP contribution is 2.30. The number of nitrogens with one attached hydrogen (secondary N) is 1. The second-order valence-electron chi connectivity index (χ2n) is 7.01. The maximum Gasteiger partial charge on any atom is 0.177 e. The first-order valence-corrected chi connectivity index (χ1v) is 7.76. The Bertz CT molecular complexity index is 894. The highest BCUT2D eigenvalue weighted by molar-refractivity contribution is 5.92. The second kappa shape index (κ2) is 6.07. The van der Waals surface area contributed by atoms with Gasteiger partial charge in [-0.25, -0.2) is 4.39 Å². The Morgan fingerprint density at radius 1 is 1.17 bits per heavy atom. The highest BCUT2D eigenvalue weighted by Gasteiger charge is 2.14. The molecule has 0 saturated carbocycles. The second-order valence-corrected chi connectivity index (χ2v) is 7.01. The average molecular weight is 326 g/mol. The summed E-state index contributed by atoms with van der Waals surface area (Å²) >= 11 is 0. The molecule has 0 fully saturated rings. The first-order chi connectivity index (χ1) is 11.4. The monoisotopic (exact) mass is 326 g/mol. The number of carbonyl (C=O) groups is 1. The van der Waals surface area contributed by atoms with Crippen LogP contribution in [0.3, 0.4) is 0 Å². The first-order valence-electron chi connectivity index (χ1n) is 7.76. The summed E-state index contributed by atoms with van der Waals surface area (Å²) in [5.74, 6) is 0.159. The van der Waals surface area contributed by atoms with Gasteiger partial charge in [-0.1, -0.05) is 38.1 Å². The molecule has 3 aromatic rings. The number of nitrogens with zero attached hydrogens (tertiary/aromatic N) is 1. The fourth-order valence-electron chi connectivity index (χ4n) is 2.41. The van der Waals surface area contributed by atoms with Gasteiger partial charge in [-0.15, -0.1) is 0 Å². The van der Waals surface area contributed by atoms with Gasteiger partial charge in [0, 0.05) is 6.54 Å². The van der Waals surface area contributed by atoms with Gasteiger partial charge in [0.1, 0.15) is 5.82 Å². The summed E-state index contributed by atoms with van der Waals surface area (Å²) in [5, 5.41) is 8.23. The Hall–Kier alpha value is -2.69. The molecule has 2 aromatic carbocycles. The average Bonchev–Trinajstić information content (AvgIpc) is 2.95. The molecule has 0 bridgehead atoms. The molecule has 0 saturated heterocycles. The quantitative estimate of drug-likeness (QED) is 0.693. The Morgan fingerprint density at radius 2 is 1.88 bits per heavy atom. The van der Waals surface area contributed by atoms with Crippen molar-refractivity contribution in [3.63, 3.8) is 0 Å². The molecule has 1 N–H and O–H groups in total. The van der Waals surface area contributed by atoms with E-state index in [-0.39, 0.29) is 11.0 Å². The van der Waals surface area contributed by atoms with Crippen LogP contribution in [0.2, 0.25) is 0 Å². The number of aldehydes is 1. The fourth-order valence-corrected chi connectivity index (χ4v) is 2.41. The number of aromatic nitrogens is 1. The van der Waals surface area contributed by atoms with Crippen LogP contribution < -0.4 is 5.32 Å². The Balaban J connectivity index is 2.00. The van der Waals surface area contributed by atoms with E-state index in [1.54, 1.807) is 12.1 Å². The molecule has 24 heavy (non-hydrogen) atoms. The van der Waals surface area contributed by atoms with Crippen molar-refractivity contribution in [2.45, 2.75) is 20.8 Å². The summed E-state index contributed by atoms with van der Waals surface area (Å²) < 4.78 is 18.8. The molecule has 1 heterocycles. The fraction of sp³-hybridized carbons (Fsp3) is 0.263. The number of fused-ring (bicyclic) bond motifs is 1. The molecule has 4 nitrogen and oxygen atoms in total. The maximum absolute atomic E-state index is 13.5. The van der Waals surface area contributed by atoms with Gasteiger partial charge >= 0.3 is 0 Å². The summed E-state index contributed by atoms with van der Waals surface area (Å²) in [4.78, 5) is 10.9. The molecular formula is C19H19FN2O2. The van der Waals surface area contributed by atoms with Crippen LogP contribution in [0.15, 0.2) is 40.9 Å². The van der Waals surface area contributed by atoms with Crippen molar-refractivity contribution >= 4 is 23.1 Å². The topological polar surface area (TPSA) is 55.1 Å². The number of halogens is 1. The van der Waals surface area contributed by atoms with Gasteiger partial charge in [-0.3, -0.25) is 4.79 Å². The van der Waals surface area contributed by atoms with Gasteiger partial charge in [0.15, 0.2) is 17.7 Å². The Labute approximate surface area is 139 Å². The van der Waals surface area contributed by atoms with Gasteiger partial charge in [0.05, 0.1) is 10.9 Å². The molecule has 0 radical (unpaired) electrons. The molecule has 5 heteroatoms. The lowest BCUT2D eigenvalue weighted by Crippen LogP contribution is -2.19. The normalized spacial score (nSPS) is 11.7. The predicted molar refractivity (Wildman–Crippen MR) is 92.7 cm³/mol. The van der Waals surface area contributed by atoms with E-state index in [9.17, 15) is 9.18 Å². The van der Waals surface area contributed by atoms with Crippen molar-refractivity contribution in [1.82, 2.24) is 5.16 Å². The van der Waals surface area contributed by atoms with Gasteiger partial charge in [-0.05, 0) is 40.8 Å². The minimum absolute atomic E-state index is 0.0454. The number of hydrogen-bond donors (Lipinski definition) is 1. The van der Waals surface area contributed by atoms with Crippen LogP contribution in [0.4, 0.5) is 10.2 Å². The van der Waals surface area contributed by atoms with Crippen molar-refractivity contribution in [3.05, 3.63) is 47.8 Å². The lowest BCUT2D eigenvalue weighted by atomic mass is 9.97. The smallest absolute Gasteiger partial charge is 0.177 e. The van der Waals surface area contributed by atoms with Crippen LogP contribution in [-0.4, -0.2) is 18.0 Å². The summed E-state index contributed by atoms with van der Waals surface area (Å²) in [6.45, 7) is 7.15. The molecule has 0 aliphatic carbocycles. The Morgan fingerprint density at radius 3 is 2.58 bits per heavy atom. The van der Waals surface area contributed by atoms with E-state index in [2.05, 4.69) is 31.2 Å². The third kappa shape index (κ3) is 3.30. The number of rotatable bonds is 4. The number of benzene rings is 2. The largest absolute Gasteiger partial charge is 0.366 e. The van der Waals surface area contributed by atoms with Gasteiger partial charge in [0.25, 0.3) is 0 Å². The van der Waals surface area contributed by atoms with Crippen LogP contribution in [0.1, 0.15) is 31.1 Å². The molecule has 124 valence electrons. The van der Waals surface area contributed by atoms with Crippen molar-refractivity contribution < 1.29 is 13.7 Å². The summed E-state index contributed by atoms with van der Waals surface area (Å²) in [6.07, 6.45) is 0.521. The summed E-state index contributed by atoms with van der Waals surface area (Å²) in [5.41, 5.74) is 2.46. The molecule has 0 aliphatic rings. The predicted octanol–water partition coefficient (Wildman–Crippen LogP) is 4.90. The van der Waals surface area contributed by atoms with E-state index in [1.165, 1.54) is 6.07 Å². The standard InChI is InChI=1S/C19H19FN2O2/c1-19(2,3)11-21-18-15-9-13(5-7-17(15)24-22-18)12-4-6-16(20)14(8-12)10-23/h4-10H,11H2,1-3H3,(H,21,22). The molecule has 0 aliphatic heterocycles. The molecule has 3 rings (SSSR count). The third-order valence-electron chi connectivity index (χ3n) is 3.71. The van der Waals surface area contributed by atoms with E-state index in [1.807, 2.05) is 18.2 Å². The highest BCUT2D eigenvalue weighted by atomic mass is 19.1. The summed E-state index contributed by atoms with van der Waals surface area (Å²) in [6, 6.07) is 10.1. The van der Waals surface area contributed by atoms with Gasteiger partial charge in [0.2, 0.25) is 0 Å². The lowest BCUT2D eigenvalue weighted by molar-refractivity contribution is 0.112. The summed E-state index contributed by atoms with van der Waals surface area (Å²) in [7, 11) is 0.